The van der Waals surface area contributed by atoms with Crippen LogP contribution in [0.4, 0.5) is 0 Å². The second kappa shape index (κ2) is 11.8. The van der Waals surface area contributed by atoms with Crippen molar-refractivity contribution in [2.24, 2.45) is 5.73 Å². The molecule has 2 aromatic heterocycles. The van der Waals surface area contributed by atoms with Crippen molar-refractivity contribution in [1.82, 2.24) is 30.9 Å². The number of carboxylic acids is 1. The highest BCUT2D eigenvalue weighted by molar-refractivity contribution is 5.93. The van der Waals surface area contributed by atoms with Crippen LogP contribution in [0.1, 0.15) is 11.3 Å². The van der Waals surface area contributed by atoms with Crippen molar-refractivity contribution in [2.75, 3.05) is 13.2 Å². The molecule has 0 saturated heterocycles. The number of nitrogens with two attached hydrogens (primary N) is 1. The van der Waals surface area contributed by atoms with Crippen molar-refractivity contribution >= 4 is 34.6 Å². The zero-order valence-electron chi connectivity index (χ0n) is 18.7. The van der Waals surface area contributed by atoms with Crippen molar-refractivity contribution < 1.29 is 29.4 Å². The van der Waals surface area contributed by atoms with Crippen molar-refractivity contribution in [3.63, 3.8) is 0 Å². The summed E-state index contributed by atoms with van der Waals surface area (Å²) in [6, 6.07) is 3.84. The van der Waals surface area contributed by atoms with E-state index in [0.29, 0.717) is 5.69 Å². The molecule has 3 unspecified atom stereocenters. The number of amides is 3. The number of aliphatic carboxylic acids is 1. The number of hydrogen-bond acceptors (Lipinski definition) is 7. The molecule has 35 heavy (non-hydrogen) atoms. The summed E-state index contributed by atoms with van der Waals surface area (Å²) in [6.07, 6.45) is 4.61. The quantitative estimate of drug-likeness (QED) is 0.146. The molecule has 0 fully saturated rings. The lowest BCUT2D eigenvalue weighted by Crippen LogP contribution is -2.55. The summed E-state index contributed by atoms with van der Waals surface area (Å²) in [6.45, 7) is -1.12. The maximum absolute atomic E-state index is 12.9. The van der Waals surface area contributed by atoms with E-state index in [4.69, 9.17) is 10.8 Å². The minimum absolute atomic E-state index is 0.0205. The third-order valence-corrected chi connectivity index (χ3v) is 5.30. The van der Waals surface area contributed by atoms with E-state index in [-0.39, 0.29) is 12.8 Å². The molecular formula is C22H27N7O6. The van der Waals surface area contributed by atoms with E-state index in [9.17, 15) is 24.3 Å². The van der Waals surface area contributed by atoms with Crippen LogP contribution in [0.3, 0.4) is 0 Å². The smallest absolute Gasteiger partial charge is 0.326 e. The molecule has 13 nitrogen and oxygen atoms in total. The fourth-order valence-corrected chi connectivity index (χ4v) is 3.44. The highest BCUT2D eigenvalue weighted by atomic mass is 16.4. The lowest BCUT2D eigenvalue weighted by atomic mass is 10.0. The predicted molar refractivity (Wildman–Crippen MR) is 124 cm³/mol. The summed E-state index contributed by atoms with van der Waals surface area (Å²) in [5.41, 5.74) is 7.67. The molecule has 3 aromatic rings. The van der Waals surface area contributed by atoms with Crippen LogP contribution in [-0.4, -0.2) is 80.1 Å². The number of carbonyl (C=O) groups excluding carboxylic acids is 3. The SMILES string of the molecule is NC(CO)C(=O)NC(Cc1c[nH]c2ccccc12)C(=O)NCC(=O)NC(Cc1cnc[nH]1)C(=O)O. The second-order valence-electron chi connectivity index (χ2n) is 7.87. The Morgan fingerprint density at radius 2 is 1.80 bits per heavy atom. The number of hydrogen-bond donors (Lipinski definition) is 8. The number of H-pyrrole nitrogens is 2. The molecule has 3 atom stereocenters. The molecule has 0 saturated carbocycles. The average molecular weight is 486 g/mol. The monoisotopic (exact) mass is 485 g/mol. The number of aromatic nitrogens is 3. The van der Waals surface area contributed by atoms with Gasteiger partial charge in [-0.2, -0.15) is 0 Å². The van der Waals surface area contributed by atoms with Gasteiger partial charge in [-0.15, -0.1) is 0 Å². The Morgan fingerprint density at radius 1 is 1.03 bits per heavy atom. The molecule has 0 radical (unpaired) electrons. The molecule has 0 bridgehead atoms. The summed E-state index contributed by atoms with van der Waals surface area (Å²) in [5.74, 6) is -3.39. The predicted octanol–water partition coefficient (Wildman–Crippen LogP) is -1.83. The Bertz CT molecular complexity index is 1180. The first-order chi connectivity index (χ1) is 16.8. The Morgan fingerprint density at radius 3 is 2.49 bits per heavy atom. The van der Waals surface area contributed by atoms with Crippen LogP contribution in [-0.2, 0) is 32.0 Å². The number of rotatable bonds is 12. The van der Waals surface area contributed by atoms with Gasteiger partial charge in [0.1, 0.15) is 18.1 Å². The molecule has 0 spiro atoms. The van der Waals surface area contributed by atoms with E-state index >= 15 is 0 Å². The van der Waals surface area contributed by atoms with Gasteiger partial charge in [-0.25, -0.2) is 9.78 Å². The molecule has 2 heterocycles. The number of nitrogens with zero attached hydrogens (tertiary/aromatic N) is 1. The fourth-order valence-electron chi connectivity index (χ4n) is 3.44. The minimum Gasteiger partial charge on any atom is -0.480 e. The fraction of sp³-hybridized carbons (Fsp3) is 0.318. The number of aliphatic hydroxyl groups is 1. The second-order valence-corrected chi connectivity index (χ2v) is 7.87. The topological polar surface area (TPSA) is 215 Å². The van der Waals surface area contributed by atoms with Gasteiger partial charge in [0.15, 0.2) is 0 Å². The van der Waals surface area contributed by atoms with Gasteiger partial charge in [0.25, 0.3) is 0 Å². The lowest BCUT2D eigenvalue weighted by molar-refractivity contribution is -0.141. The number of para-hydroxylation sites is 1. The highest BCUT2D eigenvalue weighted by Gasteiger charge is 2.26. The van der Waals surface area contributed by atoms with Crippen LogP contribution in [0.25, 0.3) is 10.9 Å². The van der Waals surface area contributed by atoms with Crippen molar-refractivity contribution in [2.45, 2.75) is 31.0 Å². The first kappa shape index (κ1) is 25.4. The highest BCUT2D eigenvalue weighted by Crippen LogP contribution is 2.19. The van der Waals surface area contributed by atoms with Gasteiger partial charge < -0.3 is 41.9 Å². The first-order valence-corrected chi connectivity index (χ1v) is 10.8. The molecule has 13 heteroatoms. The number of benzene rings is 1. The van der Waals surface area contributed by atoms with E-state index in [1.54, 1.807) is 6.20 Å². The molecule has 0 aliphatic carbocycles. The number of aromatic amines is 2. The summed E-state index contributed by atoms with van der Waals surface area (Å²) in [4.78, 5) is 58.6. The maximum Gasteiger partial charge on any atom is 0.326 e. The summed E-state index contributed by atoms with van der Waals surface area (Å²) < 4.78 is 0. The molecule has 186 valence electrons. The lowest BCUT2D eigenvalue weighted by Gasteiger charge is -2.20. The molecule has 0 aliphatic heterocycles. The van der Waals surface area contributed by atoms with E-state index in [1.165, 1.54) is 12.5 Å². The van der Waals surface area contributed by atoms with Gasteiger partial charge in [0.05, 0.1) is 19.5 Å². The standard InChI is InChI=1S/C22H27N7O6/c23-15(10-30)20(32)29-17(5-12-7-25-16-4-2-1-3-14(12)16)21(33)26-9-19(31)28-18(22(34)35)6-13-8-24-11-27-13/h1-4,7-8,11,15,17-18,25,30H,5-6,9-10,23H2,(H,24,27)(H,26,33)(H,28,31)(H,29,32)(H,34,35). The maximum atomic E-state index is 12.9. The number of imidazole rings is 1. The third-order valence-electron chi connectivity index (χ3n) is 5.30. The van der Waals surface area contributed by atoms with Gasteiger partial charge in [-0.3, -0.25) is 14.4 Å². The Hall–Kier alpha value is -4.23. The van der Waals surface area contributed by atoms with Gasteiger partial charge >= 0.3 is 5.97 Å². The third kappa shape index (κ3) is 6.88. The van der Waals surface area contributed by atoms with Crippen LogP contribution in [0.5, 0.6) is 0 Å². The van der Waals surface area contributed by atoms with Gasteiger partial charge in [-0.1, -0.05) is 18.2 Å². The van der Waals surface area contributed by atoms with E-state index in [1.807, 2.05) is 24.3 Å². The van der Waals surface area contributed by atoms with Crippen LogP contribution in [0.2, 0.25) is 0 Å². The molecule has 9 N–H and O–H groups in total. The summed E-state index contributed by atoms with van der Waals surface area (Å²) in [5, 5.41) is 26.6. The Balaban J connectivity index is 1.65. The van der Waals surface area contributed by atoms with Gasteiger partial charge in [-0.05, 0) is 11.6 Å². The van der Waals surface area contributed by atoms with Gasteiger partial charge in [0, 0.05) is 41.8 Å². The zero-order valence-corrected chi connectivity index (χ0v) is 18.7. The first-order valence-electron chi connectivity index (χ1n) is 10.8. The van der Waals surface area contributed by atoms with Crippen molar-refractivity contribution in [3.8, 4) is 0 Å². The molecule has 1 aromatic carbocycles. The van der Waals surface area contributed by atoms with Crippen molar-refractivity contribution in [1.29, 1.82) is 0 Å². The van der Waals surface area contributed by atoms with Crippen LogP contribution >= 0.6 is 0 Å². The molecule has 3 amide bonds. The van der Waals surface area contributed by atoms with Crippen LogP contribution in [0, 0.1) is 0 Å². The largest absolute Gasteiger partial charge is 0.480 e. The average Bonchev–Trinajstić information content (AvgIpc) is 3.51. The molecule has 0 aliphatic rings. The zero-order chi connectivity index (χ0) is 25.4. The Kier molecular flexibility index (Phi) is 8.53. The number of carbonyl (C=O) groups is 4. The van der Waals surface area contributed by atoms with Gasteiger partial charge in [0.2, 0.25) is 17.7 Å². The van der Waals surface area contributed by atoms with E-state index in [0.717, 1.165) is 16.5 Å². The number of nitrogens with one attached hydrogen (secondary N) is 5. The summed E-state index contributed by atoms with van der Waals surface area (Å²) >= 11 is 0. The number of aliphatic hydroxyl groups excluding tert-OH is 1. The van der Waals surface area contributed by atoms with Crippen molar-refractivity contribution in [3.05, 3.63) is 54.2 Å². The minimum atomic E-state index is -1.25. The molecular weight excluding hydrogens is 458 g/mol. The van der Waals surface area contributed by atoms with E-state index < -0.39 is 55.0 Å². The normalized spacial score (nSPS) is 13.5. The number of carboxylic acid groups (broad SMARTS) is 1. The summed E-state index contributed by atoms with van der Waals surface area (Å²) in [7, 11) is 0. The number of fused-ring (bicyclic) bond motifs is 1. The van der Waals surface area contributed by atoms with Crippen LogP contribution < -0.4 is 21.7 Å². The molecule has 3 rings (SSSR count). The Labute approximate surface area is 199 Å². The van der Waals surface area contributed by atoms with Crippen LogP contribution in [0.15, 0.2) is 43.0 Å². The van der Waals surface area contributed by atoms with E-state index in [2.05, 4.69) is 30.9 Å².